The highest BCUT2D eigenvalue weighted by atomic mass is 16.6. The molecule has 148 valence electrons. The molecule has 0 bridgehead atoms. The summed E-state index contributed by atoms with van der Waals surface area (Å²) < 4.78 is 0. The van der Waals surface area contributed by atoms with E-state index in [4.69, 9.17) is 0 Å². The summed E-state index contributed by atoms with van der Waals surface area (Å²) >= 11 is 0. The summed E-state index contributed by atoms with van der Waals surface area (Å²) in [7, 11) is 0. The van der Waals surface area contributed by atoms with Gasteiger partial charge in [0.05, 0.1) is 10.5 Å². The van der Waals surface area contributed by atoms with Crippen molar-refractivity contribution >= 4 is 23.5 Å². The van der Waals surface area contributed by atoms with Crippen LogP contribution in [0, 0.1) is 27.4 Å². The van der Waals surface area contributed by atoms with Crippen LogP contribution < -0.4 is 10.2 Å². The molecule has 0 spiro atoms. The highest BCUT2D eigenvalue weighted by Crippen LogP contribution is 2.23. The van der Waals surface area contributed by atoms with Crippen LogP contribution in [0.4, 0.5) is 11.5 Å². The van der Waals surface area contributed by atoms with Gasteiger partial charge in [-0.1, -0.05) is 0 Å². The molecule has 0 atom stereocenters. The van der Waals surface area contributed by atoms with Crippen molar-refractivity contribution in [1.29, 1.82) is 5.26 Å². The van der Waals surface area contributed by atoms with Gasteiger partial charge in [0.15, 0.2) is 0 Å². The average molecular weight is 391 g/mol. The lowest BCUT2D eigenvalue weighted by atomic mass is 9.96. The molecular formula is C21H21N5O3. The fraction of sp³-hybridized carbons (Fsp3) is 0.286. The second kappa shape index (κ2) is 9.46. The molecule has 0 radical (unpaired) electrons. The summed E-state index contributed by atoms with van der Waals surface area (Å²) in [6, 6.07) is 11.7. The summed E-state index contributed by atoms with van der Waals surface area (Å²) in [6.07, 6.45) is 6.58. The molecule has 1 aliphatic rings. The molecule has 1 aliphatic heterocycles. The molecule has 0 aliphatic carbocycles. The predicted molar refractivity (Wildman–Crippen MR) is 109 cm³/mol. The number of hydrogen-bond donors (Lipinski definition) is 1. The van der Waals surface area contributed by atoms with Gasteiger partial charge in [-0.2, -0.15) is 5.26 Å². The minimum Gasteiger partial charge on any atom is -0.356 e. The number of nitro groups is 1. The number of hydrogen-bond acceptors (Lipinski definition) is 6. The number of amides is 1. The SMILES string of the molecule is N#Cc1cccnc1N1CCC(CNC(=O)/C=C/c2ccc([N+](=O)[O-])cc2)CC1. The quantitative estimate of drug-likeness (QED) is 0.460. The predicted octanol–water partition coefficient (Wildman–Crippen LogP) is 2.91. The molecule has 0 saturated carbocycles. The number of nitrogens with one attached hydrogen (secondary N) is 1. The zero-order valence-electron chi connectivity index (χ0n) is 15.8. The Balaban J connectivity index is 1.44. The molecule has 29 heavy (non-hydrogen) atoms. The van der Waals surface area contributed by atoms with Gasteiger partial charge in [0.2, 0.25) is 5.91 Å². The molecule has 1 saturated heterocycles. The maximum atomic E-state index is 12.0. The van der Waals surface area contributed by atoms with Crippen LogP contribution in [0.2, 0.25) is 0 Å². The Morgan fingerprint density at radius 2 is 2.03 bits per heavy atom. The summed E-state index contributed by atoms with van der Waals surface area (Å²) in [5, 5.41) is 22.8. The Labute approximate surface area is 168 Å². The number of pyridine rings is 1. The Bertz CT molecular complexity index is 942. The van der Waals surface area contributed by atoms with E-state index in [2.05, 4.69) is 21.3 Å². The van der Waals surface area contributed by atoms with Crippen LogP contribution in [-0.2, 0) is 4.79 Å². The summed E-state index contributed by atoms with van der Waals surface area (Å²) in [5.41, 5.74) is 1.32. The summed E-state index contributed by atoms with van der Waals surface area (Å²) in [4.78, 5) is 28.7. The van der Waals surface area contributed by atoms with E-state index in [9.17, 15) is 20.2 Å². The number of anilines is 1. The standard InChI is InChI=1S/C21H21N5O3/c22-14-18-2-1-11-23-21(18)25-12-9-17(10-13-25)15-24-20(27)8-5-16-3-6-19(7-4-16)26(28)29/h1-8,11,17H,9-10,12-13,15H2,(H,24,27)/b8-5+. The van der Waals surface area contributed by atoms with Crippen molar-refractivity contribution in [1.82, 2.24) is 10.3 Å². The number of non-ortho nitro benzene ring substituents is 1. The van der Waals surface area contributed by atoms with E-state index < -0.39 is 4.92 Å². The molecule has 1 N–H and O–H groups in total. The van der Waals surface area contributed by atoms with Gasteiger partial charge in [0, 0.05) is 44.0 Å². The third-order valence-electron chi connectivity index (χ3n) is 4.92. The minimum atomic E-state index is -0.458. The zero-order valence-corrected chi connectivity index (χ0v) is 15.8. The number of nitro benzene ring substituents is 1. The third kappa shape index (κ3) is 5.39. The van der Waals surface area contributed by atoms with E-state index in [0.29, 0.717) is 18.0 Å². The lowest BCUT2D eigenvalue weighted by Crippen LogP contribution is -2.39. The summed E-state index contributed by atoms with van der Waals surface area (Å²) in [6.45, 7) is 2.18. The molecule has 1 amide bonds. The van der Waals surface area contributed by atoms with Crippen molar-refractivity contribution in [2.45, 2.75) is 12.8 Å². The average Bonchev–Trinajstić information content (AvgIpc) is 2.77. The monoisotopic (exact) mass is 391 g/mol. The molecule has 1 aromatic carbocycles. The fourth-order valence-electron chi connectivity index (χ4n) is 3.27. The van der Waals surface area contributed by atoms with Crippen LogP contribution in [0.15, 0.2) is 48.7 Å². The maximum Gasteiger partial charge on any atom is 0.269 e. The smallest absolute Gasteiger partial charge is 0.269 e. The number of piperidine rings is 1. The van der Waals surface area contributed by atoms with Gasteiger partial charge in [-0.25, -0.2) is 4.98 Å². The number of nitriles is 1. The van der Waals surface area contributed by atoms with Crippen molar-refractivity contribution in [3.63, 3.8) is 0 Å². The summed E-state index contributed by atoms with van der Waals surface area (Å²) in [5.74, 6) is 0.906. The second-order valence-electron chi connectivity index (χ2n) is 6.84. The Morgan fingerprint density at radius 3 is 2.69 bits per heavy atom. The van der Waals surface area contributed by atoms with E-state index in [1.165, 1.54) is 18.2 Å². The highest BCUT2D eigenvalue weighted by Gasteiger charge is 2.22. The van der Waals surface area contributed by atoms with Gasteiger partial charge < -0.3 is 10.2 Å². The highest BCUT2D eigenvalue weighted by molar-refractivity contribution is 5.91. The number of rotatable bonds is 6. The first-order valence-corrected chi connectivity index (χ1v) is 9.37. The van der Waals surface area contributed by atoms with Crippen LogP contribution in [0.3, 0.4) is 0 Å². The Morgan fingerprint density at radius 1 is 1.31 bits per heavy atom. The molecule has 8 heteroatoms. The van der Waals surface area contributed by atoms with E-state index in [0.717, 1.165) is 37.3 Å². The number of carbonyl (C=O) groups excluding carboxylic acids is 1. The number of benzene rings is 1. The number of nitrogens with zero attached hydrogens (tertiary/aromatic N) is 4. The van der Waals surface area contributed by atoms with Crippen LogP contribution in [-0.4, -0.2) is 35.4 Å². The molecular weight excluding hydrogens is 370 g/mol. The van der Waals surface area contributed by atoms with Crippen molar-refractivity contribution in [2.24, 2.45) is 5.92 Å². The third-order valence-corrected chi connectivity index (χ3v) is 4.92. The molecule has 2 aromatic rings. The first-order valence-electron chi connectivity index (χ1n) is 9.37. The molecule has 1 fully saturated rings. The van der Waals surface area contributed by atoms with E-state index in [1.54, 1.807) is 36.5 Å². The van der Waals surface area contributed by atoms with Crippen molar-refractivity contribution in [2.75, 3.05) is 24.5 Å². The second-order valence-corrected chi connectivity index (χ2v) is 6.84. The maximum absolute atomic E-state index is 12.0. The van der Waals surface area contributed by atoms with Crippen LogP contribution >= 0.6 is 0 Å². The normalized spacial score (nSPS) is 14.5. The molecule has 3 rings (SSSR count). The number of carbonyl (C=O) groups is 1. The largest absolute Gasteiger partial charge is 0.356 e. The zero-order chi connectivity index (χ0) is 20.6. The lowest BCUT2D eigenvalue weighted by molar-refractivity contribution is -0.384. The van der Waals surface area contributed by atoms with Crippen LogP contribution in [0.1, 0.15) is 24.0 Å². The van der Waals surface area contributed by atoms with Crippen LogP contribution in [0.25, 0.3) is 6.08 Å². The van der Waals surface area contributed by atoms with Gasteiger partial charge in [-0.15, -0.1) is 0 Å². The fourth-order valence-corrected chi connectivity index (χ4v) is 3.27. The van der Waals surface area contributed by atoms with Gasteiger partial charge in [-0.05, 0) is 54.7 Å². The van der Waals surface area contributed by atoms with Crippen molar-refractivity contribution in [3.8, 4) is 6.07 Å². The molecule has 1 aromatic heterocycles. The Kier molecular flexibility index (Phi) is 6.53. The topological polar surface area (TPSA) is 112 Å². The first-order chi connectivity index (χ1) is 14.1. The van der Waals surface area contributed by atoms with Gasteiger partial charge in [-0.3, -0.25) is 14.9 Å². The van der Waals surface area contributed by atoms with Gasteiger partial charge in [0.1, 0.15) is 11.9 Å². The number of aromatic nitrogens is 1. The molecule has 2 heterocycles. The van der Waals surface area contributed by atoms with Crippen molar-refractivity contribution in [3.05, 3.63) is 69.9 Å². The van der Waals surface area contributed by atoms with Crippen LogP contribution in [0.5, 0.6) is 0 Å². The first kappa shape index (κ1) is 20.0. The van der Waals surface area contributed by atoms with Gasteiger partial charge in [0.25, 0.3) is 5.69 Å². The van der Waals surface area contributed by atoms with E-state index in [1.807, 2.05) is 0 Å². The molecule has 8 nitrogen and oxygen atoms in total. The molecule has 0 unspecified atom stereocenters. The minimum absolute atomic E-state index is 0.0190. The van der Waals surface area contributed by atoms with Gasteiger partial charge >= 0.3 is 0 Å². The van der Waals surface area contributed by atoms with E-state index in [-0.39, 0.29) is 11.6 Å². The van der Waals surface area contributed by atoms with Crippen molar-refractivity contribution < 1.29 is 9.72 Å². The van der Waals surface area contributed by atoms with E-state index >= 15 is 0 Å². The Hall–Kier alpha value is -3.73. The lowest BCUT2D eigenvalue weighted by Gasteiger charge is -2.33.